The van der Waals surface area contributed by atoms with Gasteiger partial charge in [0.1, 0.15) is 18.1 Å². The first kappa shape index (κ1) is 16.1. The highest BCUT2D eigenvalue weighted by atomic mass is 16.5. The lowest BCUT2D eigenvalue weighted by Gasteiger charge is -2.23. The fourth-order valence-corrected chi connectivity index (χ4v) is 2.14. The Hall–Kier alpha value is -2.23. The van der Waals surface area contributed by atoms with Gasteiger partial charge in [-0.15, -0.1) is 0 Å². The number of aryl methyl sites for hydroxylation is 1. The summed E-state index contributed by atoms with van der Waals surface area (Å²) in [5, 5.41) is 8.90. The molecule has 0 aliphatic carbocycles. The summed E-state index contributed by atoms with van der Waals surface area (Å²) in [6.45, 7) is 8.62. The highest BCUT2D eigenvalue weighted by Gasteiger charge is 2.18. The first-order chi connectivity index (χ1) is 10.3. The minimum absolute atomic E-state index is 0.0591. The lowest BCUT2D eigenvalue weighted by Crippen LogP contribution is -2.15. The standard InChI is InChI=1S/C18H22O4/c1-5-18(3,4)14-6-8-15(9-7-14)21-11-13-10-16(17(19)20)22-12(13)2/h6-10H,5,11H2,1-4H3,(H,19,20). The number of aromatic carboxylic acids is 1. The molecule has 0 amide bonds. The lowest BCUT2D eigenvalue weighted by molar-refractivity contribution is 0.0661. The highest BCUT2D eigenvalue weighted by molar-refractivity contribution is 5.84. The normalized spacial score (nSPS) is 11.5. The van der Waals surface area contributed by atoms with Crippen molar-refractivity contribution in [1.82, 2.24) is 0 Å². The molecule has 1 heterocycles. The number of carboxylic acid groups (broad SMARTS) is 1. The van der Waals surface area contributed by atoms with Crippen LogP contribution in [0.2, 0.25) is 0 Å². The van der Waals surface area contributed by atoms with Crippen LogP contribution in [0.15, 0.2) is 34.7 Å². The molecule has 0 fully saturated rings. The SMILES string of the molecule is CCC(C)(C)c1ccc(OCc2cc(C(=O)O)oc2C)cc1. The van der Waals surface area contributed by atoms with Crippen molar-refractivity contribution in [2.24, 2.45) is 0 Å². The lowest BCUT2D eigenvalue weighted by atomic mass is 9.82. The number of hydrogen-bond acceptors (Lipinski definition) is 3. The van der Waals surface area contributed by atoms with E-state index >= 15 is 0 Å². The van der Waals surface area contributed by atoms with E-state index in [2.05, 4.69) is 32.9 Å². The summed E-state index contributed by atoms with van der Waals surface area (Å²) in [5.41, 5.74) is 2.17. The number of furan rings is 1. The van der Waals surface area contributed by atoms with Crippen molar-refractivity contribution < 1.29 is 19.1 Å². The first-order valence-electron chi connectivity index (χ1n) is 7.39. The van der Waals surface area contributed by atoms with Crippen molar-refractivity contribution in [3.63, 3.8) is 0 Å². The Morgan fingerprint density at radius 1 is 1.27 bits per heavy atom. The molecule has 118 valence electrons. The van der Waals surface area contributed by atoms with Crippen LogP contribution in [0, 0.1) is 6.92 Å². The van der Waals surface area contributed by atoms with Gasteiger partial charge in [0, 0.05) is 5.56 Å². The molecule has 0 aliphatic heterocycles. The summed E-state index contributed by atoms with van der Waals surface area (Å²) < 4.78 is 10.9. The van der Waals surface area contributed by atoms with Crippen LogP contribution in [0.5, 0.6) is 5.75 Å². The second-order valence-electron chi connectivity index (χ2n) is 6.05. The minimum Gasteiger partial charge on any atom is -0.489 e. The monoisotopic (exact) mass is 302 g/mol. The molecule has 0 saturated heterocycles. The van der Waals surface area contributed by atoms with Crippen molar-refractivity contribution in [1.29, 1.82) is 0 Å². The fraction of sp³-hybridized carbons (Fsp3) is 0.389. The smallest absolute Gasteiger partial charge is 0.371 e. The summed E-state index contributed by atoms with van der Waals surface area (Å²) in [4.78, 5) is 10.9. The van der Waals surface area contributed by atoms with Crippen LogP contribution in [-0.4, -0.2) is 11.1 Å². The third kappa shape index (κ3) is 3.50. The van der Waals surface area contributed by atoms with E-state index in [0.717, 1.165) is 17.7 Å². The van der Waals surface area contributed by atoms with Gasteiger partial charge in [0.2, 0.25) is 5.76 Å². The Morgan fingerprint density at radius 3 is 2.41 bits per heavy atom. The number of rotatable bonds is 6. The molecular formula is C18H22O4. The Kier molecular flexibility index (Phi) is 4.59. The van der Waals surface area contributed by atoms with E-state index in [9.17, 15) is 4.79 Å². The number of hydrogen-bond donors (Lipinski definition) is 1. The van der Waals surface area contributed by atoms with Crippen LogP contribution >= 0.6 is 0 Å². The van der Waals surface area contributed by atoms with Crippen LogP contribution in [0.25, 0.3) is 0 Å². The molecule has 2 aromatic rings. The summed E-state index contributed by atoms with van der Waals surface area (Å²) in [6.07, 6.45) is 1.07. The van der Waals surface area contributed by atoms with Crippen LogP contribution < -0.4 is 4.74 Å². The highest BCUT2D eigenvalue weighted by Crippen LogP contribution is 2.28. The Bertz CT molecular complexity index is 650. The van der Waals surface area contributed by atoms with E-state index in [4.69, 9.17) is 14.3 Å². The van der Waals surface area contributed by atoms with E-state index in [0.29, 0.717) is 12.4 Å². The largest absolute Gasteiger partial charge is 0.489 e. The summed E-state index contributed by atoms with van der Waals surface area (Å²) >= 11 is 0. The van der Waals surface area contributed by atoms with E-state index in [1.807, 2.05) is 12.1 Å². The molecular weight excluding hydrogens is 280 g/mol. The molecule has 0 saturated carbocycles. The second kappa shape index (κ2) is 6.26. The number of ether oxygens (including phenoxy) is 1. The van der Waals surface area contributed by atoms with E-state index < -0.39 is 5.97 Å². The van der Waals surface area contributed by atoms with Crippen LogP contribution in [-0.2, 0) is 12.0 Å². The predicted molar refractivity (Wildman–Crippen MR) is 84.5 cm³/mol. The van der Waals surface area contributed by atoms with Crippen LogP contribution in [0.1, 0.15) is 54.6 Å². The average Bonchev–Trinajstić information content (AvgIpc) is 2.87. The second-order valence-corrected chi connectivity index (χ2v) is 6.05. The number of carbonyl (C=O) groups is 1. The van der Waals surface area contributed by atoms with Crippen LogP contribution in [0.3, 0.4) is 0 Å². The summed E-state index contributed by atoms with van der Waals surface area (Å²) in [6, 6.07) is 9.54. The maximum absolute atomic E-state index is 10.9. The van der Waals surface area contributed by atoms with Gasteiger partial charge in [-0.2, -0.15) is 0 Å². The molecule has 2 rings (SSSR count). The quantitative estimate of drug-likeness (QED) is 0.850. The van der Waals surface area contributed by atoms with Crippen molar-refractivity contribution in [2.75, 3.05) is 0 Å². The van der Waals surface area contributed by atoms with Gasteiger partial charge in [0.25, 0.3) is 0 Å². The Balaban J connectivity index is 2.05. The molecule has 0 spiro atoms. The zero-order chi connectivity index (χ0) is 16.3. The van der Waals surface area contributed by atoms with Gasteiger partial charge in [-0.3, -0.25) is 0 Å². The van der Waals surface area contributed by atoms with Gasteiger partial charge in [0.05, 0.1) is 0 Å². The van der Waals surface area contributed by atoms with Crippen molar-refractivity contribution in [3.05, 3.63) is 53.0 Å². The number of carboxylic acids is 1. The molecule has 0 unspecified atom stereocenters. The summed E-state index contributed by atoms with van der Waals surface area (Å²) in [5.74, 6) is 0.200. The molecule has 4 heteroatoms. The van der Waals surface area contributed by atoms with Gasteiger partial charge in [0.15, 0.2) is 0 Å². The van der Waals surface area contributed by atoms with Gasteiger partial charge < -0.3 is 14.3 Å². The molecule has 22 heavy (non-hydrogen) atoms. The van der Waals surface area contributed by atoms with Crippen molar-refractivity contribution >= 4 is 5.97 Å². The molecule has 0 aliphatic rings. The van der Waals surface area contributed by atoms with E-state index in [1.165, 1.54) is 11.6 Å². The Morgan fingerprint density at radius 2 is 1.91 bits per heavy atom. The molecule has 0 bridgehead atoms. The summed E-state index contributed by atoms with van der Waals surface area (Å²) in [7, 11) is 0. The van der Waals surface area contributed by atoms with Gasteiger partial charge in [-0.25, -0.2) is 4.79 Å². The zero-order valence-corrected chi connectivity index (χ0v) is 13.5. The molecule has 4 nitrogen and oxygen atoms in total. The molecule has 0 atom stereocenters. The van der Waals surface area contributed by atoms with Crippen molar-refractivity contribution in [2.45, 2.75) is 46.1 Å². The van der Waals surface area contributed by atoms with Gasteiger partial charge >= 0.3 is 5.97 Å². The molecule has 1 aromatic heterocycles. The van der Waals surface area contributed by atoms with Crippen molar-refractivity contribution in [3.8, 4) is 5.75 Å². The maximum Gasteiger partial charge on any atom is 0.371 e. The Labute approximate surface area is 130 Å². The first-order valence-corrected chi connectivity index (χ1v) is 7.39. The number of benzene rings is 1. The topological polar surface area (TPSA) is 59.7 Å². The molecule has 1 N–H and O–H groups in total. The zero-order valence-electron chi connectivity index (χ0n) is 13.5. The van der Waals surface area contributed by atoms with Gasteiger partial charge in [-0.05, 0) is 42.5 Å². The predicted octanol–water partition coefficient (Wildman–Crippen LogP) is 4.55. The molecule has 1 aromatic carbocycles. The average molecular weight is 302 g/mol. The third-order valence-corrected chi connectivity index (χ3v) is 4.15. The van der Waals surface area contributed by atoms with E-state index in [-0.39, 0.29) is 11.2 Å². The minimum atomic E-state index is -1.07. The van der Waals surface area contributed by atoms with E-state index in [1.54, 1.807) is 6.92 Å². The third-order valence-electron chi connectivity index (χ3n) is 4.15. The van der Waals surface area contributed by atoms with Gasteiger partial charge in [-0.1, -0.05) is 32.9 Å². The van der Waals surface area contributed by atoms with Crippen LogP contribution in [0.4, 0.5) is 0 Å². The maximum atomic E-state index is 10.9. The fourth-order valence-electron chi connectivity index (χ4n) is 2.14. The molecule has 0 radical (unpaired) electrons.